The number of carbonyl (C=O) groups is 4. The molecule has 0 aliphatic heterocycles. The maximum absolute atomic E-state index is 14.4. The summed E-state index contributed by atoms with van der Waals surface area (Å²) in [5.74, 6) is 0.991. The van der Waals surface area contributed by atoms with Crippen molar-refractivity contribution in [2.24, 2.45) is 5.73 Å². The summed E-state index contributed by atoms with van der Waals surface area (Å²) in [6.45, 7) is 7.44. The predicted octanol–water partition coefficient (Wildman–Crippen LogP) is 6.07. The van der Waals surface area contributed by atoms with E-state index in [4.69, 9.17) is 16.9 Å². The minimum Gasteiger partial charge on any atom is -0.444 e. The molecule has 9 heteroatoms. The number of rotatable bonds is 14. The van der Waals surface area contributed by atoms with Crippen molar-refractivity contribution < 1.29 is 23.9 Å². The second-order valence-electron chi connectivity index (χ2n) is 12.0. The highest BCUT2D eigenvalue weighted by atomic mass is 16.6. The first-order valence-electron chi connectivity index (χ1n) is 15.4. The van der Waals surface area contributed by atoms with Crippen LogP contribution in [0.5, 0.6) is 0 Å². The quantitative estimate of drug-likeness (QED) is 0.150. The number of fused-ring (bicyclic) bond motifs is 1. The van der Waals surface area contributed by atoms with Crippen LogP contribution in [0.1, 0.15) is 83.4 Å². The van der Waals surface area contributed by atoms with Gasteiger partial charge < -0.3 is 26.0 Å². The predicted molar refractivity (Wildman–Crippen MR) is 177 cm³/mol. The molecule has 3 rings (SSSR count). The van der Waals surface area contributed by atoms with Crippen molar-refractivity contribution in [2.75, 3.05) is 11.9 Å². The molecule has 0 aliphatic rings. The summed E-state index contributed by atoms with van der Waals surface area (Å²) in [5.41, 5.74) is 6.35. The SMILES string of the molecule is C#Cc1ccc(C(C(=O)Nc2ccc3ccccc3c2)N(CCCCCC)C(=O)C(CCC(N)=O)NC(=O)OC(C)(C)C)cc1. The molecular formula is C36H44N4O5. The normalized spacial score (nSPS) is 12.4. The molecule has 2 atom stereocenters. The molecule has 45 heavy (non-hydrogen) atoms. The first kappa shape index (κ1) is 34.6. The summed E-state index contributed by atoms with van der Waals surface area (Å²) in [7, 11) is 0. The van der Waals surface area contributed by atoms with E-state index in [9.17, 15) is 19.2 Å². The van der Waals surface area contributed by atoms with E-state index >= 15 is 0 Å². The van der Waals surface area contributed by atoms with Gasteiger partial charge in [0, 0.05) is 24.2 Å². The maximum atomic E-state index is 14.4. The van der Waals surface area contributed by atoms with Crippen molar-refractivity contribution in [3.05, 3.63) is 77.9 Å². The zero-order valence-electron chi connectivity index (χ0n) is 26.6. The summed E-state index contributed by atoms with van der Waals surface area (Å²) >= 11 is 0. The number of nitrogens with zero attached hydrogens (tertiary/aromatic N) is 1. The first-order chi connectivity index (χ1) is 21.4. The molecule has 0 radical (unpaired) electrons. The van der Waals surface area contributed by atoms with Crippen molar-refractivity contribution in [3.8, 4) is 12.3 Å². The molecule has 0 saturated carbocycles. The number of nitrogens with two attached hydrogens (primary N) is 1. The van der Waals surface area contributed by atoms with Crippen molar-refractivity contribution in [1.82, 2.24) is 10.2 Å². The molecule has 0 aromatic heterocycles. The summed E-state index contributed by atoms with van der Waals surface area (Å²) in [4.78, 5) is 54.6. The molecule has 0 heterocycles. The van der Waals surface area contributed by atoms with Gasteiger partial charge in [-0.1, -0.05) is 74.6 Å². The third-order valence-corrected chi connectivity index (χ3v) is 7.17. The fourth-order valence-electron chi connectivity index (χ4n) is 4.98. The highest BCUT2D eigenvalue weighted by molar-refractivity contribution is 6.00. The van der Waals surface area contributed by atoms with Crippen LogP contribution < -0.4 is 16.4 Å². The Morgan fingerprint density at radius 2 is 1.64 bits per heavy atom. The van der Waals surface area contributed by atoms with Crippen LogP contribution in [0.3, 0.4) is 0 Å². The van der Waals surface area contributed by atoms with Gasteiger partial charge in [-0.3, -0.25) is 14.4 Å². The van der Waals surface area contributed by atoms with E-state index in [-0.39, 0.29) is 19.4 Å². The summed E-state index contributed by atoms with van der Waals surface area (Å²) in [6, 6.07) is 18.1. The number of terminal acetylenes is 1. The van der Waals surface area contributed by atoms with Crippen molar-refractivity contribution in [3.63, 3.8) is 0 Å². The lowest BCUT2D eigenvalue weighted by atomic mass is 9.99. The lowest BCUT2D eigenvalue weighted by Crippen LogP contribution is -2.52. The van der Waals surface area contributed by atoms with E-state index in [1.54, 1.807) is 45.0 Å². The number of alkyl carbamates (subject to hydrolysis) is 1. The Bertz CT molecular complexity index is 1520. The number of carbonyl (C=O) groups excluding carboxylic acids is 4. The molecule has 3 aromatic rings. The maximum Gasteiger partial charge on any atom is 0.408 e. The van der Waals surface area contributed by atoms with Gasteiger partial charge in [0.1, 0.15) is 17.7 Å². The first-order valence-corrected chi connectivity index (χ1v) is 15.4. The Kier molecular flexibility index (Phi) is 12.5. The molecule has 0 spiro atoms. The molecule has 0 saturated heterocycles. The highest BCUT2D eigenvalue weighted by Gasteiger charge is 2.36. The zero-order chi connectivity index (χ0) is 33.0. The Hall–Kier alpha value is -4.84. The van der Waals surface area contributed by atoms with Gasteiger partial charge in [0.2, 0.25) is 11.8 Å². The van der Waals surface area contributed by atoms with E-state index < -0.39 is 41.5 Å². The lowest BCUT2D eigenvalue weighted by Gasteiger charge is -2.34. The largest absolute Gasteiger partial charge is 0.444 e. The summed E-state index contributed by atoms with van der Waals surface area (Å²) < 4.78 is 5.42. The molecule has 3 aromatic carbocycles. The number of amides is 4. The minimum absolute atomic E-state index is 0.0616. The molecule has 238 valence electrons. The molecule has 0 aliphatic carbocycles. The summed E-state index contributed by atoms with van der Waals surface area (Å²) in [5, 5.41) is 7.60. The molecule has 9 nitrogen and oxygen atoms in total. The second-order valence-corrected chi connectivity index (χ2v) is 12.0. The van der Waals surface area contributed by atoms with Crippen LogP contribution in [0.15, 0.2) is 66.7 Å². The molecule has 0 bridgehead atoms. The van der Waals surface area contributed by atoms with Gasteiger partial charge in [-0.25, -0.2) is 4.79 Å². The smallest absolute Gasteiger partial charge is 0.408 e. The van der Waals surface area contributed by atoms with Gasteiger partial charge in [0.05, 0.1) is 0 Å². The number of hydrogen-bond donors (Lipinski definition) is 3. The third-order valence-electron chi connectivity index (χ3n) is 7.17. The number of primary amides is 1. The summed E-state index contributed by atoms with van der Waals surface area (Å²) in [6.07, 6.45) is 7.95. The fourth-order valence-corrected chi connectivity index (χ4v) is 4.98. The minimum atomic E-state index is -1.17. The van der Waals surface area contributed by atoms with Gasteiger partial charge >= 0.3 is 6.09 Å². The Labute approximate surface area is 265 Å². The monoisotopic (exact) mass is 612 g/mol. The fraction of sp³-hybridized carbons (Fsp3) is 0.389. The highest BCUT2D eigenvalue weighted by Crippen LogP contribution is 2.27. The number of benzene rings is 3. The Balaban J connectivity index is 2.05. The second kappa shape index (κ2) is 16.3. The topological polar surface area (TPSA) is 131 Å². The van der Waals surface area contributed by atoms with Crippen molar-refractivity contribution in [1.29, 1.82) is 0 Å². The van der Waals surface area contributed by atoms with Crippen molar-refractivity contribution >= 4 is 40.3 Å². The lowest BCUT2D eigenvalue weighted by molar-refractivity contribution is -0.141. The third kappa shape index (κ3) is 10.7. The average molecular weight is 613 g/mol. The molecular weight excluding hydrogens is 568 g/mol. The Morgan fingerprint density at radius 3 is 2.27 bits per heavy atom. The Morgan fingerprint density at radius 1 is 0.956 bits per heavy atom. The number of unbranched alkanes of at least 4 members (excludes halogenated alkanes) is 3. The van der Waals surface area contributed by atoms with E-state index in [0.29, 0.717) is 23.2 Å². The van der Waals surface area contributed by atoms with Gasteiger partial charge in [-0.05, 0) is 74.2 Å². The zero-order valence-corrected chi connectivity index (χ0v) is 26.6. The molecule has 4 N–H and O–H groups in total. The van der Waals surface area contributed by atoms with Gasteiger partial charge in [-0.15, -0.1) is 6.42 Å². The number of ether oxygens (including phenoxy) is 1. The van der Waals surface area contributed by atoms with E-state index in [0.717, 1.165) is 30.0 Å². The average Bonchev–Trinajstić information content (AvgIpc) is 2.99. The van der Waals surface area contributed by atoms with Crippen molar-refractivity contribution in [2.45, 2.75) is 83.9 Å². The van der Waals surface area contributed by atoms with Gasteiger partial charge in [-0.2, -0.15) is 0 Å². The van der Waals surface area contributed by atoms with Crippen LogP contribution >= 0.6 is 0 Å². The van der Waals surface area contributed by atoms with Crippen LogP contribution in [0, 0.1) is 12.3 Å². The van der Waals surface area contributed by atoms with Crippen LogP contribution in [0.25, 0.3) is 10.8 Å². The number of anilines is 1. The number of hydrogen-bond acceptors (Lipinski definition) is 5. The van der Waals surface area contributed by atoms with Crippen LogP contribution in [-0.2, 0) is 19.1 Å². The molecule has 0 fully saturated rings. The van der Waals surface area contributed by atoms with Crippen LogP contribution in [-0.4, -0.2) is 46.9 Å². The molecule has 2 unspecified atom stereocenters. The van der Waals surface area contributed by atoms with Gasteiger partial charge in [0.25, 0.3) is 5.91 Å². The molecule has 4 amide bonds. The van der Waals surface area contributed by atoms with Crippen LogP contribution in [0.4, 0.5) is 10.5 Å². The van der Waals surface area contributed by atoms with E-state index in [2.05, 4.69) is 23.5 Å². The standard InChI is InChI=1S/C36H44N4O5/c1-6-8-9-12-23-40(34(43)30(21-22-31(37)41)39-35(44)45-36(3,4)5)32(27-17-15-25(7-2)16-18-27)33(42)38-29-20-19-26-13-10-11-14-28(26)24-29/h2,10-11,13-20,24,30,32H,6,8-9,12,21-23H2,1,3-5H3,(H2,37,41)(H,38,42)(H,39,44). The van der Waals surface area contributed by atoms with E-state index in [1.165, 1.54) is 4.90 Å². The van der Waals surface area contributed by atoms with Crippen LogP contribution in [0.2, 0.25) is 0 Å². The number of nitrogens with one attached hydrogen (secondary N) is 2. The van der Waals surface area contributed by atoms with E-state index in [1.807, 2.05) is 42.5 Å². The van der Waals surface area contributed by atoms with Gasteiger partial charge in [0.15, 0.2) is 0 Å².